The van der Waals surface area contributed by atoms with Crippen LogP contribution < -0.4 is 5.11 Å². The molecular formula is C40H71NO8. The summed E-state index contributed by atoms with van der Waals surface area (Å²) in [6, 6.07) is 0. The minimum Gasteiger partial charge on any atom is -0.545 e. The van der Waals surface area contributed by atoms with Crippen LogP contribution in [0.2, 0.25) is 0 Å². The van der Waals surface area contributed by atoms with E-state index in [-0.39, 0.29) is 38.6 Å². The average molecular weight is 694 g/mol. The molecule has 284 valence electrons. The van der Waals surface area contributed by atoms with Crippen molar-refractivity contribution in [2.75, 3.05) is 47.5 Å². The van der Waals surface area contributed by atoms with Crippen LogP contribution in [0, 0.1) is 0 Å². The van der Waals surface area contributed by atoms with Crippen LogP contribution >= 0.6 is 0 Å². The van der Waals surface area contributed by atoms with Gasteiger partial charge in [-0.05, 0) is 57.8 Å². The molecule has 0 aromatic heterocycles. The third kappa shape index (κ3) is 33.8. The summed E-state index contributed by atoms with van der Waals surface area (Å²) >= 11 is 0. The number of unbranched alkanes of at least 4 members (excludes halogenated alkanes) is 13. The molecule has 0 aliphatic rings. The molecule has 0 spiro atoms. The van der Waals surface area contributed by atoms with Crippen LogP contribution in [0.1, 0.15) is 142 Å². The van der Waals surface area contributed by atoms with Crippen LogP contribution in [-0.4, -0.2) is 82.3 Å². The van der Waals surface area contributed by atoms with Gasteiger partial charge < -0.3 is 33.3 Å². The summed E-state index contributed by atoms with van der Waals surface area (Å²) < 4.78 is 22.4. The van der Waals surface area contributed by atoms with Crippen molar-refractivity contribution < 1.29 is 42.9 Å². The van der Waals surface area contributed by atoms with Crippen LogP contribution in [0.3, 0.4) is 0 Å². The smallest absolute Gasteiger partial charge is 0.306 e. The molecule has 0 saturated carbocycles. The molecule has 0 rings (SSSR count). The summed E-state index contributed by atoms with van der Waals surface area (Å²) in [7, 11) is 5.88. The number of aliphatic carboxylic acids is 1. The summed E-state index contributed by atoms with van der Waals surface area (Å²) in [6.07, 6.45) is 30.4. The number of quaternary nitrogens is 1. The Kier molecular flexibility index (Phi) is 31.0. The molecule has 0 aromatic rings. The predicted octanol–water partition coefficient (Wildman–Crippen LogP) is 7.77. The van der Waals surface area contributed by atoms with E-state index in [0.717, 1.165) is 89.9 Å². The highest BCUT2D eigenvalue weighted by molar-refractivity contribution is 5.70. The van der Waals surface area contributed by atoms with Crippen molar-refractivity contribution >= 4 is 17.9 Å². The molecule has 49 heavy (non-hydrogen) atoms. The topological polar surface area (TPSA) is 111 Å². The molecule has 2 unspecified atom stereocenters. The van der Waals surface area contributed by atoms with Crippen molar-refractivity contribution in [3.05, 3.63) is 36.5 Å². The molecule has 0 heterocycles. The summed E-state index contributed by atoms with van der Waals surface area (Å²) in [5.74, 6) is -2.33. The number of carboxylic acids is 1. The van der Waals surface area contributed by atoms with Crippen LogP contribution in [0.15, 0.2) is 36.5 Å². The second kappa shape index (κ2) is 32.7. The fourth-order valence-electron chi connectivity index (χ4n) is 4.79. The molecule has 9 nitrogen and oxygen atoms in total. The monoisotopic (exact) mass is 694 g/mol. The number of allylic oxidation sites excluding steroid dienone is 6. The Bertz CT molecular complexity index is 908. The molecule has 0 N–H and O–H groups in total. The third-order valence-electron chi connectivity index (χ3n) is 7.84. The van der Waals surface area contributed by atoms with E-state index >= 15 is 0 Å². The molecule has 0 aliphatic carbocycles. The number of hydrogen-bond acceptors (Lipinski definition) is 8. The molecule has 0 aliphatic heterocycles. The first-order chi connectivity index (χ1) is 23.6. The van der Waals surface area contributed by atoms with Crippen LogP contribution in [0.5, 0.6) is 0 Å². The highest BCUT2D eigenvalue weighted by Crippen LogP contribution is 2.12. The van der Waals surface area contributed by atoms with Gasteiger partial charge in [-0.2, -0.15) is 0 Å². The number of ether oxygens (including phenoxy) is 4. The maximum Gasteiger partial charge on any atom is 0.306 e. The van der Waals surface area contributed by atoms with E-state index in [0.29, 0.717) is 17.4 Å². The lowest BCUT2D eigenvalue weighted by molar-refractivity contribution is -0.870. The Balaban J connectivity index is 4.58. The van der Waals surface area contributed by atoms with E-state index in [1.165, 1.54) is 19.3 Å². The molecule has 9 heteroatoms. The van der Waals surface area contributed by atoms with Gasteiger partial charge in [0, 0.05) is 12.8 Å². The molecule has 2 atom stereocenters. The van der Waals surface area contributed by atoms with E-state index in [4.69, 9.17) is 18.9 Å². The van der Waals surface area contributed by atoms with E-state index in [1.807, 2.05) is 21.1 Å². The maximum atomic E-state index is 12.6. The number of carboxylic acid groups (broad SMARTS) is 1. The average Bonchev–Trinajstić information content (AvgIpc) is 3.05. The lowest BCUT2D eigenvalue weighted by Crippen LogP contribution is -2.44. The Morgan fingerprint density at radius 2 is 1.14 bits per heavy atom. The van der Waals surface area contributed by atoms with E-state index in [2.05, 4.69) is 50.3 Å². The molecule has 0 radical (unpaired) electrons. The second-order valence-corrected chi connectivity index (χ2v) is 13.9. The number of carbonyl (C=O) groups is 3. The van der Waals surface area contributed by atoms with Gasteiger partial charge in [-0.3, -0.25) is 9.59 Å². The Morgan fingerprint density at radius 3 is 1.71 bits per heavy atom. The molecule has 0 saturated heterocycles. The Labute approximate surface area is 299 Å². The van der Waals surface area contributed by atoms with Gasteiger partial charge in [-0.15, -0.1) is 0 Å². The quantitative estimate of drug-likeness (QED) is 0.0221. The lowest BCUT2D eigenvalue weighted by atomic mass is 10.1. The highest BCUT2D eigenvalue weighted by atomic mass is 16.7. The molecule has 0 amide bonds. The number of hydrogen-bond donors (Lipinski definition) is 0. The van der Waals surface area contributed by atoms with Gasteiger partial charge in [0.05, 0.1) is 40.3 Å². The van der Waals surface area contributed by atoms with Crippen molar-refractivity contribution in [1.29, 1.82) is 0 Å². The van der Waals surface area contributed by atoms with Crippen molar-refractivity contribution in [3.63, 3.8) is 0 Å². The number of carbonyl (C=O) groups excluding carboxylic acids is 3. The zero-order chi connectivity index (χ0) is 36.4. The number of esters is 2. The van der Waals surface area contributed by atoms with Crippen LogP contribution in [0.4, 0.5) is 0 Å². The lowest BCUT2D eigenvalue weighted by Gasteiger charge is -2.26. The normalized spacial score (nSPS) is 13.4. The van der Waals surface area contributed by atoms with Gasteiger partial charge in [-0.1, -0.05) is 108 Å². The molecule has 0 bridgehead atoms. The van der Waals surface area contributed by atoms with E-state index in [1.54, 1.807) is 0 Å². The van der Waals surface area contributed by atoms with E-state index in [9.17, 15) is 19.5 Å². The van der Waals surface area contributed by atoms with Crippen LogP contribution in [0.25, 0.3) is 0 Å². The molecule has 0 fully saturated rings. The summed E-state index contributed by atoms with van der Waals surface area (Å²) in [5.41, 5.74) is 0. The van der Waals surface area contributed by atoms with Gasteiger partial charge in [-0.25, -0.2) is 0 Å². The standard InChI is InChI=1S/C40H71NO8/c1-6-8-10-12-14-16-18-19-20-21-23-25-27-29-31-38(43)49-36(35-48-40(39(44)45)46-33-32-41(3,4)5)34-47-37(42)30-28-26-24-22-17-15-13-11-9-7-2/h11-14,18-19,36,40H,6-10,15-17,20-35H2,1-5H3/b13-11-,14-12-,19-18-. The summed E-state index contributed by atoms with van der Waals surface area (Å²) in [5, 5.41) is 11.6. The van der Waals surface area contributed by atoms with Crippen LogP contribution in [-0.2, 0) is 33.3 Å². The number of likely N-dealkylation sites (N-methyl/N-ethyl adjacent to an activating group) is 1. The summed E-state index contributed by atoms with van der Waals surface area (Å²) in [6.45, 7) is 4.57. The van der Waals surface area contributed by atoms with Gasteiger partial charge in [0.15, 0.2) is 12.4 Å². The zero-order valence-electron chi connectivity index (χ0n) is 31.8. The van der Waals surface area contributed by atoms with Crippen molar-refractivity contribution in [2.24, 2.45) is 0 Å². The predicted molar refractivity (Wildman–Crippen MR) is 196 cm³/mol. The SMILES string of the molecule is CCC/C=C\CCCCCCCC(=O)OCC(COC(OCC[N+](C)(C)C)C(=O)[O-])OC(=O)CCCCCCC/C=C\C/C=C\CCCC. The van der Waals surface area contributed by atoms with Crippen molar-refractivity contribution in [3.8, 4) is 0 Å². The minimum atomic E-state index is -1.62. The number of nitrogens with zero attached hydrogens (tertiary/aromatic N) is 1. The zero-order valence-corrected chi connectivity index (χ0v) is 31.8. The maximum absolute atomic E-state index is 12.6. The van der Waals surface area contributed by atoms with Gasteiger partial charge >= 0.3 is 11.9 Å². The number of rotatable bonds is 34. The van der Waals surface area contributed by atoms with Gasteiger partial charge in [0.2, 0.25) is 0 Å². The Hall–Kier alpha value is -2.49. The third-order valence-corrected chi connectivity index (χ3v) is 7.84. The highest BCUT2D eigenvalue weighted by Gasteiger charge is 2.21. The van der Waals surface area contributed by atoms with Crippen molar-refractivity contribution in [2.45, 2.75) is 155 Å². The first-order valence-corrected chi connectivity index (χ1v) is 19.1. The van der Waals surface area contributed by atoms with Gasteiger partial charge in [0.1, 0.15) is 13.2 Å². The largest absolute Gasteiger partial charge is 0.545 e. The Morgan fingerprint density at radius 1 is 0.612 bits per heavy atom. The van der Waals surface area contributed by atoms with Gasteiger partial charge in [0.25, 0.3) is 0 Å². The first kappa shape index (κ1) is 46.5. The molecule has 0 aromatic carbocycles. The fraction of sp³-hybridized carbons (Fsp3) is 0.775. The second-order valence-electron chi connectivity index (χ2n) is 13.9. The summed E-state index contributed by atoms with van der Waals surface area (Å²) in [4.78, 5) is 36.7. The molecular weight excluding hydrogens is 622 g/mol. The first-order valence-electron chi connectivity index (χ1n) is 19.1. The van der Waals surface area contributed by atoms with Crippen molar-refractivity contribution in [1.82, 2.24) is 0 Å². The minimum absolute atomic E-state index is 0.143. The van der Waals surface area contributed by atoms with E-state index < -0.39 is 24.3 Å². The fourth-order valence-corrected chi connectivity index (χ4v) is 4.79.